The summed E-state index contributed by atoms with van der Waals surface area (Å²) in [5.41, 5.74) is 10.6. The zero-order chi connectivity index (χ0) is 18.8. The normalized spacial score (nSPS) is 20.5. The summed E-state index contributed by atoms with van der Waals surface area (Å²) in [4.78, 5) is 14.6. The Morgan fingerprint density at radius 3 is 2.77 bits per heavy atom. The largest absolute Gasteiger partial charge is 0.355 e. The summed E-state index contributed by atoms with van der Waals surface area (Å²) in [6, 6.07) is 9.91. The number of para-hydroxylation sites is 1. The van der Waals surface area contributed by atoms with Gasteiger partial charge in [-0.15, -0.1) is 0 Å². The number of nitrogens with zero attached hydrogens (tertiary/aromatic N) is 2. The third kappa shape index (κ3) is 3.65. The van der Waals surface area contributed by atoms with E-state index in [-0.39, 0.29) is 18.0 Å². The van der Waals surface area contributed by atoms with Crippen molar-refractivity contribution in [1.82, 2.24) is 14.8 Å². The van der Waals surface area contributed by atoms with E-state index < -0.39 is 0 Å². The maximum atomic E-state index is 12.4. The van der Waals surface area contributed by atoms with Crippen LogP contribution < -0.4 is 11.1 Å². The third-order valence-corrected chi connectivity index (χ3v) is 5.41. The van der Waals surface area contributed by atoms with Crippen LogP contribution in [0.5, 0.6) is 0 Å². The molecule has 0 spiro atoms. The van der Waals surface area contributed by atoms with Crippen LogP contribution in [0.25, 0.3) is 5.69 Å². The average molecular weight is 375 g/mol. The van der Waals surface area contributed by atoms with Crippen molar-refractivity contribution in [3.05, 3.63) is 52.3 Å². The number of hydrogen-bond acceptors (Lipinski definition) is 3. The fourth-order valence-electron chi connectivity index (χ4n) is 3.89. The molecule has 1 aliphatic heterocycles. The Hall–Kier alpha value is -1.82. The molecule has 2 atom stereocenters. The lowest BCUT2D eigenvalue weighted by Gasteiger charge is -2.23. The number of likely N-dealkylation sites (tertiary alicyclic amines) is 1. The second-order valence-corrected chi connectivity index (χ2v) is 7.43. The van der Waals surface area contributed by atoms with E-state index >= 15 is 0 Å². The zero-order valence-electron chi connectivity index (χ0n) is 15.6. The highest BCUT2D eigenvalue weighted by Crippen LogP contribution is 2.28. The molecular formula is C20H27ClN4O. The van der Waals surface area contributed by atoms with E-state index in [1.54, 1.807) is 0 Å². The van der Waals surface area contributed by atoms with Crippen molar-refractivity contribution in [3.63, 3.8) is 0 Å². The molecule has 0 unspecified atom stereocenters. The quantitative estimate of drug-likeness (QED) is 0.845. The summed E-state index contributed by atoms with van der Waals surface area (Å²) in [5, 5.41) is 3.66. The molecule has 1 aliphatic rings. The second-order valence-electron chi connectivity index (χ2n) is 7.02. The zero-order valence-corrected chi connectivity index (χ0v) is 16.4. The predicted octanol–water partition coefficient (Wildman–Crippen LogP) is 2.79. The lowest BCUT2D eigenvalue weighted by molar-refractivity contribution is -0.125. The number of hydrogen-bond donors (Lipinski definition) is 2. The molecule has 1 aromatic carbocycles. The first-order chi connectivity index (χ1) is 12.4. The summed E-state index contributed by atoms with van der Waals surface area (Å²) in [5.74, 6) is 0.0698. The van der Waals surface area contributed by atoms with Crippen molar-refractivity contribution in [3.8, 4) is 5.69 Å². The van der Waals surface area contributed by atoms with Gasteiger partial charge in [-0.2, -0.15) is 0 Å². The van der Waals surface area contributed by atoms with Gasteiger partial charge in [-0.25, -0.2) is 0 Å². The Morgan fingerprint density at radius 1 is 1.35 bits per heavy atom. The summed E-state index contributed by atoms with van der Waals surface area (Å²) in [6.45, 7) is 8.20. The van der Waals surface area contributed by atoms with Crippen LogP contribution in [0.4, 0.5) is 0 Å². The molecule has 5 nitrogen and oxygen atoms in total. The van der Waals surface area contributed by atoms with Crippen molar-refractivity contribution in [1.29, 1.82) is 0 Å². The smallest absolute Gasteiger partial charge is 0.237 e. The van der Waals surface area contributed by atoms with Crippen molar-refractivity contribution in [2.75, 3.05) is 13.1 Å². The number of halogens is 1. The molecule has 0 radical (unpaired) electrons. The maximum absolute atomic E-state index is 12.4. The van der Waals surface area contributed by atoms with Gasteiger partial charge in [-0.3, -0.25) is 9.69 Å². The van der Waals surface area contributed by atoms with E-state index in [0.29, 0.717) is 19.5 Å². The van der Waals surface area contributed by atoms with Gasteiger partial charge in [-0.1, -0.05) is 23.7 Å². The molecular weight excluding hydrogens is 348 g/mol. The minimum atomic E-state index is -0.159. The van der Waals surface area contributed by atoms with Crippen LogP contribution >= 0.6 is 11.6 Å². The molecule has 1 fully saturated rings. The summed E-state index contributed by atoms with van der Waals surface area (Å²) in [7, 11) is 0. The number of benzene rings is 1. The van der Waals surface area contributed by atoms with Gasteiger partial charge in [0.2, 0.25) is 5.91 Å². The molecule has 3 rings (SSSR count). The Kier molecular flexibility index (Phi) is 5.70. The van der Waals surface area contributed by atoms with Gasteiger partial charge in [-0.05, 0) is 51.0 Å². The number of likely N-dealkylation sites (N-methyl/N-ethyl adjacent to an activating group) is 1. The van der Waals surface area contributed by atoms with Crippen LogP contribution in [0.1, 0.15) is 30.3 Å². The number of carbonyl (C=O) groups is 1. The first-order valence-electron chi connectivity index (χ1n) is 9.12. The number of aromatic nitrogens is 1. The number of amides is 1. The molecule has 1 saturated heterocycles. The highest BCUT2D eigenvalue weighted by Gasteiger charge is 2.35. The second kappa shape index (κ2) is 7.82. The Morgan fingerprint density at radius 2 is 2.08 bits per heavy atom. The van der Waals surface area contributed by atoms with E-state index in [2.05, 4.69) is 34.7 Å². The van der Waals surface area contributed by atoms with Gasteiger partial charge in [0.15, 0.2) is 0 Å². The maximum Gasteiger partial charge on any atom is 0.237 e. The molecule has 2 aromatic rings. The van der Waals surface area contributed by atoms with Crippen molar-refractivity contribution in [2.24, 2.45) is 5.73 Å². The van der Waals surface area contributed by atoms with E-state index in [4.69, 9.17) is 17.3 Å². The van der Waals surface area contributed by atoms with Crippen molar-refractivity contribution in [2.45, 2.75) is 45.8 Å². The average Bonchev–Trinajstić information content (AvgIpc) is 3.09. The number of rotatable bonds is 5. The monoisotopic (exact) mass is 374 g/mol. The number of nitrogens with two attached hydrogens (primary N) is 1. The van der Waals surface area contributed by atoms with E-state index in [1.165, 1.54) is 5.56 Å². The Balaban J connectivity index is 1.88. The van der Waals surface area contributed by atoms with Crippen LogP contribution in [0.3, 0.4) is 0 Å². The highest BCUT2D eigenvalue weighted by atomic mass is 35.5. The first kappa shape index (κ1) is 19.0. The molecule has 6 heteroatoms. The highest BCUT2D eigenvalue weighted by molar-refractivity contribution is 6.32. The molecule has 26 heavy (non-hydrogen) atoms. The first-order valence-corrected chi connectivity index (χ1v) is 9.50. The fraction of sp³-hybridized carbons (Fsp3) is 0.450. The van der Waals surface area contributed by atoms with Crippen LogP contribution in [0.2, 0.25) is 5.02 Å². The molecule has 0 saturated carbocycles. The topological polar surface area (TPSA) is 63.3 Å². The minimum absolute atomic E-state index is 0.0367. The van der Waals surface area contributed by atoms with E-state index in [1.807, 2.05) is 31.2 Å². The van der Waals surface area contributed by atoms with E-state index in [0.717, 1.165) is 28.6 Å². The van der Waals surface area contributed by atoms with Crippen LogP contribution in [-0.4, -0.2) is 40.5 Å². The van der Waals surface area contributed by atoms with Gasteiger partial charge in [0.1, 0.15) is 0 Å². The number of nitrogens with one attached hydrogen (secondary N) is 1. The van der Waals surface area contributed by atoms with Crippen LogP contribution in [-0.2, 0) is 11.3 Å². The molecule has 1 aromatic heterocycles. The van der Waals surface area contributed by atoms with Crippen LogP contribution in [0.15, 0.2) is 30.3 Å². The van der Waals surface area contributed by atoms with Crippen molar-refractivity contribution >= 4 is 17.5 Å². The Bertz CT molecular complexity index is 801. The van der Waals surface area contributed by atoms with E-state index in [9.17, 15) is 4.79 Å². The minimum Gasteiger partial charge on any atom is -0.355 e. The summed E-state index contributed by atoms with van der Waals surface area (Å²) >= 11 is 6.40. The number of aryl methyl sites for hydroxylation is 1. The van der Waals surface area contributed by atoms with Gasteiger partial charge in [0.25, 0.3) is 0 Å². The predicted molar refractivity (Wildman–Crippen MR) is 106 cm³/mol. The molecule has 3 N–H and O–H groups in total. The summed E-state index contributed by atoms with van der Waals surface area (Å²) in [6.07, 6.45) is 0.703. The van der Waals surface area contributed by atoms with Crippen LogP contribution in [0, 0.1) is 13.8 Å². The standard InChI is InChI=1S/C20H27ClN4O/c1-4-23-20(26)19-10-16(22)12-24(19)11-15-9-13(2)25(14(15)3)18-8-6-5-7-17(18)21/h5-9,16,19H,4,10-12,22H2,1-3H3,(H,23,26)/t16-,19+/m1/s1. The Labute approximate surface area is 160 Å². The molecule has 0 aliphatic carbocycles. The SMILES string of the molecule is CCNC(=O)[C@@H]1C[C@@H](N)CN1Cc1cc(C)n(-c2ccccc2Cl)c1C. The third-order valence-electron chi connectivity index (χ3n) is 5.09. The molecule has 140 valence electrons. The van der Waals surface area contributed by atoms with Gasteiger partial charge in [0.05, 0.1) is 16.8 Å². The lowest BCUT2D eigenvalue weighted by atomic mass is 10.1. The van der Waals surface area contributed by atoms with Gasteiger partial charge >= 0.3 is 0 Å². The molecule has 0 bridgehead atoms. The van der Waals surface area contributed by atoms with Gasteiger partial charge in [0, 0.05) is 37.1 Å². The lowest BCUT2D eigenvalue weighted by Crippen LogP contribution is -2.42. The van der Waals surface area contributed by atoms with Gasteiger partial charge < -0.3 is 15.6 Å². The molecule has 2 heterocycles. The fourth-order valence-corrected chi connectivity index (χ4v) is 4.11. The molecule has 1 amide bonds. The van der Waals surface area contributed by atoms with Crippen molar-refractivity contribution < 1.29 is 4.79 Å². The summed E-state index contributed by atoms with van der Waals surface area (Å²) < 4.78 is 2.18. The number of carbonyl (C=O) groups excluding carboxylic acids is 1.